The van der Waals surface area contributed by atoms with Crippen molar-refractivity contribution in [1.29, 1.82) is 0 Å². The maximum Gasteiger partial charge on any atom is 0.335 e. The van der Waals surface area contributed by atoms with Gasteiger partial charge in [0.15, 0.2) is 0 Å². The van der Waals surface area contributed by atoms with Crippen LogP contribution in [-0.2, 0) is 4.74 Å². The first-order valence-electron chi connectivity index (χ1n) is 6.63. The molecule has 1 aromatic carbocycles. The van der Waals surface area contributed by atoms with Crippen LogP contribution < -0.4 is 5.32 Å². The van der Waals surface area contributed by atoms with E-state index in [4.69, 9.17) is 9.84 Å². The topological polar surface area (TPSA) is 78.9 Å². The molecule has 2 rings (SSSR count). The van der Waals surface area contributed by atoms with E-state index in [2.05, 4.69) is 21.2 Å². The predicted octanol–water partition coefficient (Wildman–Crippen LogP) is 2.79. The third-order valence-electron chi connectivity index (χ3n) is 3.24. The molecule has 6 nitrogen and oxygen atoms in total. The van der Waals surface area contributed by atoms with Crippen LogP contribution in [0.1, 0.15) is 23.2 Å². The molecule has 0 aromatic heterocycles. The normalized spacial score (nSPS) is 17.5. The minimum atomic E-state index is -1.04. The second-order valence-corrected chi connectivity index (χ2v) is 5.90. The molecule has 1 aromatic rings. The van der Waals surface area contributed by atoms with E-state index in [0.717, 1.165) is 19.4 Å². The molecular weight excluding hydrogens is 340 g/mol. The van der Waals surface area contributed by atoms with Gasteiger partial charge in [-0.3, -0.25) is 0 Å². The zero-order valence-corrected chi connectivity index (χ0v) is 13.2. The molecule has 1 fully saturated rings. The van der Waals surface area contributed by atoms with Crippen LogP contribution >= 0.6 is 15.9 Å². The lowest BCUT2D eigenvalue weighted by atomic mass is 10.2. The number of aromatic carboxylic acids is 1. The Hall–Kier alpha value is -1.60. The van der Waals surface area contributed by atoms with Crippen molar-refractivity contribution in [3.63, 3.8) is 0 Å². The van der Waals surface area contributed by atoms with Gasteiger partial charge in [-0.15, -0.1) is 0 Å². The third-order valence-corrected chi connectivity index (χ3v) is 3.70. The number of hydrogen-bond donors (Lipinski definition) is 2. The van der Waals surface area contributed by atoms with Crippen LogP contribution in [0.3, 0.4) is 0 Å². The molecule has 21 heavy (non-hydrogen) atoms. The van der Waals surface area contributed by atoms with Crippen molar-refractivity contribution < 1.29 is 19.4 Å². The molecule has 0 aliphatic carbocycles. The maximum atomic E-state index is 12.1. The first-order valence-corrected chi connectivity index (χ1v) is 7.42. The average Bonchev–Trinajstić information content (AvgIpc) is 2.90. The van der Waals surface area contributed by atoms with E-state index in [0.29, 0.717) is 16.7 Å². The van der Waals surface area contributed by atoms with E-state index in [-0.39, 0.29) is 17.7 Å². The second-order valence-electron chi connectivity index (χ2n) is 4.98. The summed E-state index contributed by atoms with van der Waals surface area (Å²) in [4.78, 5) is 24.6. The molecule has 2 N–H and O–H groups in total. The van der Waals surface area contributed by atoms with E-state index in [1.165, 1.54) is 17.0 Å². The number of benzene rings is 1. The van der Waals surface area contributed by atoms with Gasteiger partial charge in [0.2, 0.25) is 0 Å². The molecule has 1 aliphatic rings. The zero-order chi connectivity index (χ0) is 15.4. The fraction of sp³-hybridized carbons (Fsp3) is 0.429. The summed E-state index contributed by atoms with van der Waals surface area (Å²) < 4.78 is 6.08. The van der Waals surface area contributed by atoms with Crippen molar-refractivity contribution >= 4 is 33.6 Å². The van der Waals surface area contributed by atoms with Crippen LogP contribution in [0, 0.1) is 0 Å². The monoisotopic (exact) mass is 356 g/mol. The predicted molar refractivity (Wildman–Crippen MR) is 81.7 cm³/mol. The second kappa shape index (κ2) is 6.91. The van der Waals surface area contributed by atoms with Crippen LogP contribution in [0.4, 0.5) is 10.5 Å². The van der Waals surface area contributed by atoms with Crippen molar-refractivity contribution in [3.8, 4) is 0 Å². The Morgan fingerprint density at radius 2 is 2.24 bits per heavy atom. The molecule has 0 spiro atoms. The molecule has 0 bridgehead atoms. The quantitative estimate of drug-likeness (QED) is 0.869. The fourth-order valence-corrected chi connectivity index (χ4v) is 2.67. The van der Waals surface area contributed by atoms with Gasteiger partial charge in [0.05, 0.1) is 11.7 Å². The number of halogens is 1. The highest BCUT2D eigenvalue weighted by Crippen LogP contribution is 2.20. The lowest BCUT2D eigenvalue weighted by Gasteiger charge is -2.21. The van der Waals surface area contributed by atoms with E-state index in [1.54, 1.807) is 13.1 Å². The van der Waals surface area contributed by atoms with Crippen LogP contribution in [0.5, 0.6) is 0 Å². The molecule has 0 radical (unpaired) electrons. The first-order chi connectivity index (χ1) is 9.95. The number of anilines is 1. The van der Waals surface area contributed by atoms with Gasteiger partial charge in [-0.05, 0) is 31.0 Å². The van der Waals surface area contributed by atoms with Gasteiger partial charge in [-0.25, -0.2) is 9.59 Å². The molecule has 0 saturated carbocycles. The van der Waals surface area contributed by atoms with Crippen molar-refractivity contribution in [2.45, 2.75) is 18.9 Å². The number of carbonyl (C=O) groups excluding carboxylic acids is 1. The smallest absolute Gasteiger partial charge is 0.335 e. The molecule has 2 amide bonds. The summed E-state index contributed by atoms with van der Waals surface area (Å²) in [6, 6.07) is 4.27. The van der Waals surface area contributed by atoms with Gasteiger partial charge >= 0.3 is 12.0 Å². The number of nitrogens with one attached hydrogen (secondary N) is 1. The average molecular weight is 357 g/mol. The molecule has 114 valence electrons. The largest absolute Gasteiger partial charge is 0.478 e. The van der Waals surface area contributed by atoms with Crippen molar-refractivity contribution in [2.75, 3.05) is 25.5 Å². The Bertz CT molecular complexity index is 544. The van der Waals surface area contributed by atoms with Crippen molar-refractivity contribution in [3.05, 3.63) is 28.2 Å². The molecular formula is C14H17BrN2O4. The van der Waals surface area contributed by atoms with Crippen LogP contribution in [0.25, 0.3) is 0 Å². The summed E-state index contributed by atoms with van der Waals surface area (Å²) in [6.45, 7) is 1.26. The first kappa shape index (κ1) is 15.8. The summed E-state index contributed by atoms with van der Waals surface area (Å²) in [5, 5.41) is 11.7. The lowest BCUT2D eigenvalue weighted by molar-refractivity contribution is 0.0697. The molecule has 1 unspecified atom stereocenters. The van der Waals surface area contributed by atoms with Gasteiger partial charge in [-0.2, -0.15) is 0 Å². The number of carboxylic acid groups (broad SMARTS) is 1. The highest BCUT2D eigenvalue weighted by atomic mass is 79.9. The number of nitrogens with zero attached hydrogens (tertiary/aromatic N) is 1. The molecule has 1 heterocycles. The minimum Gasteiger partial charge on any atom is -0.478 e. The van der Waals surface area contributed by atoms with Crippen molar-refractivity contribution in [1.82, 2.24) is 4.90 Å². The summed E-state index contributed by atoms with van der Waals surface area (Å²) in [5.41, 5.74) is 0.549. The molecule has 1 atom stereocenters. The number of rotatable bonds is 4. The van der Waals surface area contributed by atoms with Crippen LogP contribution in [0.15, 0.2) is 22.7 Å². The minimum absolute atomic E-state index is 0.0813. The Balaban J connectivity index is 1.99. The van der Waals surface area contributed by atoms with Gasteiger partial charge in [0.25, 0.3) is 0 Å². The number of ether oxygens (including phenoxy) is 1. The third kappa shape index (κ3) is 4.44. The number of urea groups is 1. The summed E-state index contributed by atoms with van der Waals surface area (Å²) >= 11 is 3.23. The fourth-order valence-electron chi connectivity index (χ4n) is 2.18. The molecule has 1 aliphatic heterocycles. The van der Waals surface area contributed by atoms with Gasteiger partial charge < -0.3 is 20.1 Å². The van der Waals surface area contributed by atoms with E-state index < -0.39 is 5.97 Å². The van der Waals surface area contributed by atoms with E-state index in [9.17, 15) is 9.59 Å². The Morgan fingerprint density at radius 1 is 1.48 bits per heavy atom. The van der Waals surface area contributed by atoms with E-state index >= 15 is 0 Å². The van der Waals surface area contributed by atoms with Crippen molar-refractivity contribution in [2.24, 2.45) is 0 Å². The SMILES string of the molecule is CN(CC1CCCO1)C(=O)Nc1cc(Br)cc(C(=O)O)c1. The standard InChI is InChI=1S/C14H17BrN2O4/c1-17(8-12-3-2-4-21-12)14(20)16-11-6-9(13(18)19)5-10(15)7-11/h5-7,12H,2-4,8H2,1H3,(H,16,20)(H,18,19). The molecule has 1 saturated heterocycles. The summed E-state index contributed by atoms with van der Waals surface area (Å²) in [6.07, 6.45) is 2.06. The van der Waals surface area contributed by atoms with Gasteiger partial charge in [0, 0.05) is 30.4 Å². The van der Waals surface area contributed by atoms with E-state index in [1.807, 2.05) is 0 Å². The maximum absolute atomic E-state index is 12.1. The number of amides is 2. The van der Waals surface area contributed by atoms with Gasteiger partial charge in [-0.1, -0.05) is 15.9 Å². The van der Waals surface area contributed by atoms with Gasteiger partial charge in [0.1, 0.15) is 0 Å². The zero-order valence-electron chi connectivity index (χ0n) is 11.6. The van der Waals surface area contributed by atoms with Crippen LogP contribution in [-0.4, -0.2) is 48.3 Å². The Labute approximate surface area is 131 Å². The summed E-state index contributed by atoms with van der Waals surface area (Å²) in [7, 11) is 1.69. The number of carbonyl (C=O) groups is 2. The highest BCUT2D eigenvalue weighted by molar-refractivity contribution is 9.10. The Kier molecular flexibility index (Phi) is 5.19. The Morgan fingerprint density at radius 3 is 2.86 bits per heavy atom. The van der Waals surface area contributed by atoms with Crippen LogP contribution in [0.2, 0.25) is 0 Å². The number of carboxylic acids is 1. The number of hydrogen-bond acceptors (Lipinski definition) is 3. The summed E-state index contributed by atoms with van der Waals surface area (Å²) in [5.74, 6) is -1.04. The lowest BCUT2D eigenvalue weighted by Crippen LogP contribution is -2.37. The number of likely N-dealkylation sites (N-methyl/N-ethyl adjacent to an activating group) is 1. The molecule has 7 heteroatoms. The highest BCUT2D eigenvalue weighted by Gasteiger charge is 2.20.